The molecule has 1 fully saturated rings. The number of amides is 1. The smallest absolute Gasteiger partial charge is 0.242 e. The molecule has 1 aromatic heterocycles. The summed E-state index contributed by atoms with van der Waals surface area (Å²) in [6.45, 7) is 0. The lowest BCUT2D eigenvalue weighted by Gasteiger charge is -2.11. The number of nitrogens with two attached hydrogens (primary N) is 1. The number of nitrogens with one attached hydrogen (secondary N) is 1. The van der Waals surface area contributed by atoms with Crippen molar-refractivity contribution >= 4 is 27.7 Å². The Morgan fingerprint density at radius 1 is 1.62 bits per heavy atom. The first-order chi connectivity index (χ1) is 7.65. The van der Waals surface area contributed by atoms with Crippen LogP contribution in [0.25, 0.3) is 0 Å². The van der Waals surface area contributed by atoms with Crippen LogP contribution < -0.4 is 11.1 Å². The van der Waals surface area contributed by atoms with E-state index in [0.717, 1.165) is 6.42 Å². The summed E-state index contributed by atoms with van der Waals surface area (Å²) in [4.78, 5) is 15.8. The van der Waals surface area contributed by atoms with E-state index in [1.807, 2.05) is 6.07 Å². The quantitative estimate of drug-likeness (QED) is 0.830. The molecular weight excluding hydrogens is 270 g/mol. The van der Waals surface area contributed by atoms with Crippen molar-refractivity contribution in [2.24, 2.45) is 11.7 Å². The highest BCUT2D eigenvalue weighted by Gasteiger charge is 2.27. The maximum atomic E-state index is 11.7. The van der Waals surface area contributed by atoms with Crippen LogP contribution in [0, 0.1) is 5.92 Å². The molecule has 0 aliphatic heterocycles. The van der Waals surface area contributed by atoms with E-state index >= 15 is 0 Å². The van der Waals surface area contributed by atoms with E-state index in [0.29, 0.717) is 16.3 Å². The SMILES string of the molecule is N[C@@H](CC1CC1)C(=O)Nc1cccc(Br)n1. The summed E-state index contributed by atoms with van der Waals surface area (Å²) in [6.07, 6.45) is 3.19. The van der Waals surface area contributed by atoms with Gasteiger partial charge in [0.25, 0.3) is 0 Å². The van der Waals surface area contributed by atoms with E-state index in [-0.39, 0.29) is 5.91 Å². The number of hydrogen-bond donors (Lipinski definition) is 2. The molecule has 0 aromatic carbocycles. The van der Waals surface area contributed by atoms with Crippen LogP contribution in [0.5, 0.6) is 0 Å². The lowest BCUT2D eigenvalue weighted by molar-refractivity contribution is -0.117. The van der Waals surface area contributed by atoms with E-state index in [1.165, 1.54) is 12.8 Å². The fourth-order valence-electron chi connectivity index (χ4n) is 1.52. The average Bonchev–Trinajstić information content (AvgIpc) is 3.01. The monoisotopic (exact) mass is 283 g/mol. The summed E-state index contributed by atoms with van der Waals surface area (Å²) in [7, 11) is 0. The summed E-state index contributed by atoms with van der Waals surface area (Å²) < 4.78 is 0.695. The largest absolute Gasteiger partial charge is 0.320 e. The van der Waals surface area contributed by atoms with Crippen LogP contribution in [0.3, 0.4) is 0 Å². The third kappa shape index (κ3) is 3.28. The Hall–Kier alpha value is -0.940. The van der Waals surface area contributed by atoms with Crippen molar-refractivity contribution in [2.45, 2.75) is 25.3 Å². The molecule has 3 N–H and O–H groups in total. The molecule has 1 aliphatic carbocycles. The summed E-state index contributed by atoms with van der Waals surface area (Å²) in [5.74, 6) is 1.03. The molecule has 1 atom stereocenters. The summed E-state index contributed by atoms with van der Waals surface area (Å²) in [6, 6.07) is 4.94. The van der Waals surface area contributed by atoms with Gasteiger partial charge in [-0.2, -0.15) is 0 Å². The van der Waals surface area contributed by atoms with Crippen LogP contribution in [0.15, 0.2) is 22.8 Å². The van der Waals surface area contributed by atoms with Gasteiger partial charge in [-0.15, -0.1) is 0 Å². The number of rotatable bonds is 4. The van der Waals surface area contributed by atoms with Crippen molar-refractivity contribution in [3.63, 3.8) is 0 Å². The van der Waals surface area contributed by atoms with Gasteiger partial charge < -0.3 is 11.1 Å². The van der Waals surface area contributed by atoms with Gasteiger partial charge in [0.15, 0.2) is 0 Å². The van der Waals surface area contributed by atoms with Gasteiger partial charge in [-0.05, 0) is 40.4 Å². The molecule has 0 radical (unpaired) electrons. The molecule has 1 saturated carbocycles. The lowest BCUT2D eigenvalue weighted by atomic mass is 10.1. The van der Waals surface area contributed by atoms with Gasteiger partial charge in [0.1, 0.15) is 10.4 Å². The molecule has 4 nitrogen and oxygen atoms in total. The molecule has 1 aliphatic rings. The van der Waals surface area contributed by atoms with Gasteiger partial charge >= 0.3 is 0 Å². The summed E-state index contributed by atoms with van der Waals surface area (Å²) in [5.41, 5.74) is 5.79. The Labute approximate surface area is 103 Å². The van der Waals surface area contributed by atoms with Crippen LogP contribution >= 0.6 is 15.9 Å². The zero-order valence-electron chi connectivity index (χ0n) is 8.82. The average molecular weight is 284 g/mol. The molecule has 1 heterocycles. The third-order valence-electron chi connectivity index (χ3n) is 2.59. The first-order valence-corrected chi connectivity index (χ1v) is 6.13. The van der Waals surface area contributed by atoms with Crippen molar-refractivity contribution in [1.29, 1.82) is 0 Å². The van der Waals surface area contributed by atoms with Crippen LogP contribution in [-0.2, 0) is 4.79 Å². The van der Waals surface area contributed by atoms with E-state index in [4.69, 9.17) is 5.73 Å². The number of nitrogens with zero attached hydrogens (tertiary/aromatic N) is 1. The van der Waals surface area contributed by atoms with Gasteiger partial charge in [-0.25, -0.2) is 4.98 Å². The lowest BCUT2D eigenvalue weighted by Crippen LogP contribution is -2.36. The molecule has 0 spiro atoms. The molecule has 0 bridgehead atoms. The number of pyridine rings is 1. The molecule has 5 heteroatoms. The van der Waals surface area contributed by atoms with Gasteiger partial charge in [-0.3, -0.25) is 4.79 Å². The standard InChI is InChI=1S/C11H14BrN3O/c12-9-2-1-3-10(14-9)15-11(16)8(13)6-7-4-5-7/h1-3,7-8H,4-6,13H2,(H,14,15,16)/t8-/m0/s1. The van der Waals surface area contributed by atoms with Gasteiger partial charge in [0, 0.05) is 0 Å². The Balaban J connectivity index is 1.90. The Kier molecular flexibility index (Phi) is 3.56. The van der Waals surface area contributed by atoms with E-state index < -0.39 is 6.04 Å². The second-order valence-electron chi connectivity index (χ2n) is 4.12. The van der Waals surface area contributed by atoms with Crippen LogP contribution in [0.2, 0.25) is 0 Å². The normalized spacial score (nSPS) is 16.9. The van der Waals surface area contributed by atoms with Crippen molar-refractivity contribution in [3.05, 3.63) is 22.8 Å². The highest BCUT2D eigenvalue weighted by Crippen LogP contribution is 2.33. The predicted octanol–water partition coefficient (Wildman–Crippen LogP) is 1.91. The van der Waals surface area contributed by atoms with E-state index in [2.05, 4.69) is 26.2 Å². The predicted molar refractivity (Wildman–Crippen MR) is 65.9 cm³/mol. The first-order valence-electron chi connectivity index (χ1n) is 5.34. The second-order valence-corrected chi connectivity index (χ2v) is 4.93. The van der Waals surface area contributed by atoms with E-state index in [1.54, 1.807) is 12.1 Å². The maximum absolute atomic E-state index is 11.7. The Bertz CT molecular complexity index is 393. The third-order valence-corrected chi connectivity index (χ3v) is 3.03. The molecule has 1 aromatic rings. The fourth-order valence-corrected chi connectivity index (χ4v) is 1.86. The highest BCUT2D eigenvalue weighted by atomic mass is 79.9. The number of anilines is 1. The van der Waals surface area contributed by atoms with Gasteiger partial charge in [0.2, 0.25) is 5.91 Å². The van der Waals surface area contributed by atoms with Gasteiger partial charge in [-0.1, -0.05) is 18.9 Å². The number of hydrogen-bond acceptors (Lipinski definition) is 3. The molecule has 0 saturated heterocycles. The number of aromatic nitrogens is 1. The number of halogens is 1. The molecule has 16 heavy (non-hydrogen) atoms. The Morgan fingerprint density at radius 2 is 2.38 bits per heavy atom. The van der Waals surface area contributed by atoms with E-state index in [9.17, 15) is 4.79 Å². The minimum atomic E-state index is -0.423. The summed E-state index contributed by atoms with van der Waals surface area (Å²) in [5, 5.41) is 2.71. The Morgan fingerprint density at radius 3 is 3.00 bits per heavy atom. The topological polar surface area (TPSA) is 68.0 Å². The zero-order chi connectivity index (χ0) is 11.5. The molecule has 2 rings (SSSR count). The maximum Gasteiger partial charge on any atom is 0.242 e. The molecular formula is C11H14BrN3O. The fraction of sp³-hybridized carbons (Fsp3) is 0.455. The van der Waals surface area contributed by atoms with Crippen LogP contribution in [0.1, 0.15) is 19.3 Å². The van der Waals surface area contributed by atoms with Crippen LogP contribution in [0.4, 0.5) is 5.82 Å². The molecule has 0 unspecified atom stereocenters. The summed E-state index contributed by atoms with van der Waals surface area (Å²) >= 11 is 3.25. The van der Waals surface area contributed by atoms with Crippen molar-refractivity contribution in [2.75, 3.05) is 5.32 Å². The first kappa shape index (κ1) is 11.5. The second kappa shape index (κ2) is 4.93. The number of carbonyl (C=O) groups excluding carboxylic acids is 1. The van der Waals surface area contributed by atoms with Crippen molar-refractivity contribution < 1.29 is 4.79 Å². The zero-order valence-corrected chi connectivity index (χ0v) is 10.4. The van der Waals surface area contributed by atoms with Crippen molar-refractivity contribution in [1.82, 2.24) is 4.98 Å². The van der Waals surface area contributed by atoms with Crippen molar-refractivity contribution in [3.8, 4) is 0 Å². The van der Waals surface area contributed by atoms with Crippen LogP contribution in [-0.4, -0.2) is 16.9 Å². The minimum absolute atomic E-state index is 0.155. The minimum Gasteiger partial charge on any atom is -0.320 e. The molecule has 1 amide bonds. The van der Waals surface area contributed by atoms with Gasteiger partial charge in [0.05, 0.1) is 6.04 Å². The highest BCUT2D eigenvalue weighted by molar-refractivity contribution is 9.10. The molecule has 86 valence electrons. The number of carbonyl (C=O) groups is 1.